The highest BCUT2D eigenvalue weighted by Gasteiger charge is 2.06. The zero-order valence-corrected chi connectivity index (χ0v) is 9.19. The predicted molar refractivity (Wildman–Crippen MR) is 65.5 cm³/mol. The van der Waals surface area contributed by atoms with Gasteiger partial charge in [-0.25, -0.2) is 9.78 Å². The van der Waals surface area contributed by atoms with E-state index in [1.807, 2.05) is 31.4 Å². The van der Waals surface area contributed by atoms with E-state index in [9.17, 15) is 4.79 Å². The molecule has 0 aliphatic rings. The summed E-state index contributed by atoms with van der Waals surface area (Å²) < 4.78 is 1.75. The zero-order valence-electron chi connectivity index (χ0n) is 9.19. The minimum atomic E-state index is -0.210. The van der Waals surface area contributed by atoms with Crippen LogP contribution >= 0.6 is 0 Å². The molecule has 6 nitrogen and oxygen atoms in total. The Hall–Kier alpha value is -2.50. The topological polar surface area (TPSA) is 92.5 Å². The Bertz CT molecular complexity index is 729. The van der Waals surface area contributed by atoms with E-state index in [4.69, 9.17) is 5.73 Å². The Balaban J connectivity index is 2.20. The van der Waals surface area contributed by atoms with Crippen LogP contribution in [-0.2, 0) is 7.05 Å². The summed E-state index contributed by atoms with van der Waals surface area (Å²) in [5.41, 5.74) is 8.72. The Morgan fingerprint density at radius 1 is 1.29 bits per heavy atom. The zero-order chi connectivity index (χ0) is 12.0. The lowest BCUT2D eigenvalue weighted by Gasteiger charge is -1.95. The van der Waals surface area contributed by atoms with Gasteiger partial charge >= 0.3 is 5.69 Å². The van der Waals surface area contributed by atoms with Crippen molar-refractivity contribution >= 4 is 17.0 Å². The number of nitrogens with one attached hydrogen (secondary N) is 2. The number of anilines is 1. The molecule has 0 saturated heterocycles. The number of aromatic amines is 2. The van der Waals surface area contributed by atoms with Gasteiger partial charge < -0.3 is 20.3 Å². The van der Waals surface area contributed by atoms with Gasteiger partial charge in [-0.2, -0.15) is 0 Å². The number of imidazole rings is 2. The third-order valence-corrected chi connectivity index (χ3v) is 2.72. The number of rotatable bonds is 1. The summed E-state index contributed by atoms with van der Waals surface area (Å²) in [6, 6.07) is 5.61. The molecular formula is C11H11N5O. The van der Waals surface area contributed by atoms with Crippen LogP contribution in [0.3, 0.4) is 0 Å². The number of fused-ring (bicyclic) bond motifs is 1. The number of aromatic nitrogens is 4. The van der Waals surface area contributed by atoms with Crippen molar-refractivity contribution in [3.05, 3.63) is 34.9 Å². The summed E-state index contributed by atoms with van der Waals surface area (Å²) in [6.07, 6.45) is 1.85. The molecule has 17 heavy (non-hydrogen) atoms. The van der Waals surface area contributed by atoms with Crippen LogP contribution in [0.1, 0.15) is 0 Å². The molecule has 0 aliphatic carbocycles. The number of H-pyrrole nitrogens is 2. The second-order valence-electron chi connectivity index (χ2n) is 3.93. The maximum absolute atomic E-state index is 11.1. The number of aryl methyl sites for hydroxylation is 1. The number of benzene rings is 1. The SMILES string of the molecule is Cn1cc(-c2ccc3[nH]c(=O)[nH]c3c2)nc1N. The van der Waals surface area contributed by atoms with Crippen molar-refractivity contribution < 1.29 is 0 Å². The number of nitrogens with two attached hydrogens (primary N) is 1. The molecule has 0 aliphatic heterocycles. The molecule has 2 heterocycles. The fourth-order valence-corrected chi connectivity index (χ4v) is 1.81. The molecule has 0 radical (unpaired) electrons. The van der Waals surface area contributed by atoms with Crippen LogP contribution in [0.5, 0.6) is 0 Å². The minimum Gasteiger partial charge on any atom is -0.369 e. The molecule has 1 aromatic carbocycles. The van der Waals surface area contributed by atoms with E-state index in [0.29, 0.717) is 5.95 Å². The first-order valence-corrected chi connectivity index (χ1v) is 5.15. The predicted octanol–water partition coefficient (Wildman–Crippen LogP) is 0.839. The summed E-state index contributed by atoms with van der Waals surface area (Å²) >= 11 is 0. The van der Waals surface area contributed by atoms with Crippen LogP contribution in [0.4, 0.5) is 5.95 Å². The minimum absolute atomic E-state index is 0.210. The normalized spacial score (nSPS) is 11.1. The second kappa shape index (κ2) is 3.24. The molecule has 6 heteroatoms. The maximum Gasteiger partial charge on any atom is 0.323 e. The van der Waals surface area contributed by atoms with Gasteiger partial charge in [-0.1, -0.05) is 6.07 Å². The fraction of sp³-hybridized carbons (Fsp3) is 0.0909. The first-order chi connectivity index (χ1) is 8.13. The molecule has 3 rings (SSSR count). The smallest absolute Gasteiger partial charge is 0.323 e. The summed E-state index contributed by atoms with van der Waals surface area (Å²) in [4.78, 5) is 20.8. The quantitative estimate of drug-likeness (QED) is 0.577. The van der Waals surface area contributed by atoms with Crippen molar-refractivity contribution in [2.75, 3.05) is 5.73 Å². The summed E-state index contributed by atoms with van der Waals surface area (Å²) in [7, 11) is 1.84. The van der Waals surface area contributed by atoms with Crippen LogP contribution in [-0.4, -0.2) is 19.5 Å². The largest absolute Gasteiger partial charge is 0.369 e. The van der Waals surface area contributed by atoms with Crippen LogP contribution in [0.15, 0.2) is 29.2 Å². The van der Waals surface area contributed by atoms with Gasteiger partial charge in [0.1, 0.15) is 0 Å². The molecule has 0 spiro atoms. The molecule has 86 valence electrons. The second-order valence-corrected chi connectivity index (χ2v) is 3.93. The molecule has 0 fully saturated rings. The van der Waals surface area contributed by atoms with Crippen LogP contribution in [0.2, 0.25) is 0 Å². The highest BCUT2D eigenvalue weighted by atomic mass is 16.1. The molecule has 0 unspecified atom stereocenters. The first-order valence-electron chi connectivity index (χ1n) is 5.15. The van der Waals surface area contributed by atoms with Gasteiger partial charge in [0.2, 0.25) is 0 Å². The Labute approximate surface area is 96.1 Å². The van der Waals surface area contributed by atoms with Gasteiger partial charge in [0, 0.05) is 18.8 Å². The standard InChI is InChI=1S/C11H11N5O/c1-16-5-9(13-10(16)12)6-2-3-7-8(4-6)15-11(17)14-7/h2-5H,1H3,(H2,12,13)(H2,14,15,17). The molecule has 0 saturated carbocycles. The van der Waals surface area contributed by atoms with Gasteiger partial charge in [-0.05, 0) is 12.1 Å². The van der Waals surface area contributed by atoms with Crippen LogP contribution in [0, 0.1) is 0 Å². The van der Waals surface area contributed by atoms with Crippen molar-refractivity contribution in [2.24, 2.45) is 7.05 Å². The average molecular weight is 229 g/mol. The molecule has 0 atom stereocenters. The van der Waals surface area contributed by atoms with E-state index >= 15 is 0 Å². The maximum atomic E-state index is 11.1. The Kier molecular flexibility index (Phi) is 1.85. The lowest BCUT2D eigenvalue weighted by molar-refractivity contribution is 0.930. The van der Waals surface area contributed by atoms with E-state index in [0.717, 1.165) is 22.3 Å². The molecule has 2 aromatic heterocycles. The van der Waals surface area contributed by atoms with Crippen molar-refractivity contribution in [3.63, 3.8) is 0 Å². The van der Waals surface area contributed by atoms with E-state index in [1.165, 1.54) is 0 Å². The van der Waals surface area contributed by atoms with Gasteiger partial charge in [0.25, 0.3) is 0 Å². The Morgan fingerprint density at radius 3 is 2.76 bits per heavy atom. The molecule has 0 bridgehead atoms. The highest BCUT2D eigenvalue weighted by Crippen LogP contribution is 2.21. The van der Waals surface area contributed by atoms with Gasteiger partial charge in [-0.3, -0.25) is 0 Å². The number of nitrogens with zero attached hydrogens (tertiary/aromatic N) is 2. The summed E-state index contributed by atoms with van der Waals surface area (Å²) in [5, 5.41) is 0. The number of hydrogen-bond donors (Lipinski definition) is 3. The van der Waals surface area contributed by atoms with Gasteiger partial charge in [0.05, 0.1) is 16.7 Å². The average Bonchev–Trinajstić information content (AvgIpc) is 2.80. The molecule has 0 amide bonds. The van der Waals surface area contributed by atoms with E-state index < -0.39 is 0 Å². The number of hydrogen-bond acceptors (Lipinski definition) is 3. The van der Waals surface area contributed by atoms with Gasteiger partial charge in [-0.15, -0.1) is 0 Å². The van der Waals surface area contributed by atoms with E-state index in [2.05, 4.69) is 15.0 Å². The van der Waals surface area contributed by atoms with Crippen LogP contribution < -0.4 is 11.4 Å². The lowest BCUT2D eigenvalue weighted by Crippen LogP contribution is -1.99. The summed E-state index contributed by atoms with van der Waals surface area (Å²) in [6.45, 7) is 0. The van der Waals surface area contributed by atoms with Crippen molar-refractivity contribution in [1.82, 2.24) is 19.5 Å². The van der Waals surface area contributed by atoms with Crippen LogP contribution in [0.25, 0.3) is 22.3 Å². The van der Waals surface area contributed by atoms with E-state index in [1.54, 1.807) is 4.57 Å². The molecule has 3 aromatic rings. The molecular weight excluding hydrogens is 218 g/mol. The third-order valence-electron chi connectivity index (χ3n) is 2.72. The third kappa shape index (κ3) is 1.50. The Morgan fingerprint density at radius 2 is 2.06 bits per heavy atom. The lowest BCUT2D eigenvalue weighted by atomic mass is 10.1. The van der Waals surface area contributed by atoms with Crippen molar-refractivity contribution in [3.8, 4) is 11.3 Å². The van der Waals surface area contributed by atoms with Gasteiger partial charge in [0.15, 0.2) is 5.95 Å². The first kappa shape index (κ1) is 9.71. The fourth-order valence-electron chi connectivity index (χ4n) is 1.81. The summed E-state index contributed by atoms with van der Waals surface area (Å²) in [5.74, 6) is 0.461. The monoisotopic (exact) mass is 229 g/mol. The van der Waals surface area contributed by atoms with Crippen molar-refractivity contribution in [2.45, 2.75) is 0 Å². The number of nitrogen functional groups attached to an aromatic ring is 1. The molecule has 4 N–H and O–H groups in total. The van der Waals surface area contributed by atoms with E-state index in [-0.39, 0.29) is 5.69 Å². The van der Waals surface area contributed by atoms with Crippen molar-refractivity contribution in [1.29, 1.82) is 0 Å². The highest BCUT2D eigenvalue weighted by molar-refractivity contribution is 5.80.